The first-order chi connectivity index (χ1) is 5.65. The van der Waals surface area contributed by atoms with Gasteiger partial charge in [0.2, 0.25) is 0 Å². The zero-order valence-electron chi connectivity index (χ0n) is 7.80. The molecule has 1 heteroatoms. The molecule has 0 saturated carbocycles. The molecule has 0 aromatic heterocycles. The molecule has 2 atom stereocenters. The van der Waals surface area contributed by atoms with E-state index in [2.05, 4.69) is 32.6 Å². The number of nitriles is 1. The maximum atomic E-state index is 8.66. The van der Waals surface area contributed by atoms with E-state index in [9.17, 15) is 0 Å². The molecule has 1 unspecified atom stereocenters. The Hall–Kier alpha value is -1.03. The molecular weight excluding hydrogens is 146 g/mol. The van der Waals surface area contributed by atoms with Crippen LogP contribution in [0.15, 0.2) is 23.8 Å². The van der Waals surface area contributed by atoms with Crippen LogP contribution < -0.4 is 0 Å². The third kappa shape index (κ3) is 1.76. The highest BCUT2D eigenvalue weighted by Gasteiger charge is 2.18. The molecule has 0 heterocycles. The van der Waals surface area contributed by atoms with Gasteiger partial charge in [-0.15, -0.1) is 0 Å². The fourth-order valence-electron chi connectivity index (χ4n) is 1.58. The number of rotatable bonds is 1. The van der Waals surface area contributed by atoms with Crippen molar-refractivity contribution < 1.29 is 0 Å². The van der Waals surface area contributed by atoms with Gasteiger partial charge in [-0.25, -0.2) is 0 Å². The molecule has 0 aliphatic heterocycles. The third-order valence-electron chi connectivity index (χ3n) is 2.74. The summed E-state index contributed by atoms with van der Waals surface area (Å²) in [5, 5.41) is 8.66. The van der Waals surface area contributed by atoms with Crippen molar-refractivity contribution >= 4 is 0 Å². The largest absolute Gasteiger partial charge is 0.193 e. The van der Waals surface area contributed by atoms with Gasteiger partial charge < -0.3 is 0 Å². The highest BCUT2D eigenvalue weighted by atomic mass is 14.3. The van der Waals surface area contributed by atoms with Crippen molar-refractivity contribution in [3.8, 4) is 6.07 Å². The Morgan fingerprint density at radius 2 is 2.33 bits per heavy atom. The van der Waals surface area contributed by atoms with Crippen LogP contribution in [-0.4, -0.2) is 0 Å². The fourth-order valence-corrected chi connectivity index (χ4v) is 1.58. The fraction of sp³-hybridized carbons (Fsp3) is 0.545. The Morgan fingerprint density at radius 1 is 1.67 bits per heavy atom. The Morgan fingerprint density at radius 3 is 2.83 bits per heavy atom. The van der Waals surface area contributed by atoms with E-state index in [1.807, 2.05) is 0 Å². The summed E-state index contributed by atoms with van der Waals surface area (Å²) in [6.07, 6.45) is 4.47. The lowest BCUT2D eigenvalue weighted by Crippen LogP contribution is -2.11. The van der Waals surface area contributed by atoms with Gasteiger partial charge in [0, 0.05) is 11.5 Å². The van der Waals surface area contributed by atoms with Crippen molar-refractivity contribution in [1.82, 2.24) is 0 Å². The van der Waals surface area contributed by atoms with Gasteiger partial charge in [0.15, 0.2) is 0 Å². The third-order valence-corrected chi connectivity index (χ3v) is 2.74. The summed E-state index contributed by atoms with van der Waals surface area (Å²) in [4.78, 5) is 0. The number of allylic oxidation sites excluding steroid dienone is 3. The first kappa shape index (κ1) is 9.06. The molecular formula is C11H15N. The molecule has 1 nitrogen and oxygen atoms in total. The van der Waals surface area contributed by atoms with Crippen LogP contribution in [0, 0.1) is 23.2 Å². The molecule has 64 valence electrons. The Bertz CT molecular complexity index is 255. The number of hydrogen-bond acceptors (Lipinski definition) is 1. The zero-order chi connectivity index (χ0) is 9.14. The van der Waals surface area contributed by atoms with Gasteiger partial charge in [-0.05, 0) is 25.7 Å². The predicted octanol–water partition coefficient (Wildman–Crippen LogP) is 3.06. The van der Waals surface area contributed by atoms with Crippen LogP contribution >= 0.6 is 0 Å². The average Bonchev–Trinajstić information content (AvgIpc) is 2.08. The summed E-state index contributed by atoms with van der Waals surface area (Å²) in [5.74, 6) is 0.999. The highest BCUT2D eigenvalue weighted by Crippen LogP contribution is 2.30. The van der Waals surface area contributed by atoms with Gasteiger partial charge in [-0.2, -0.15) is 5.26 Å². The van der Waals surface area contributed by atoms with Gasteiger partial charge in [0.25, 0.3) is 0 Å². The second-order valence-electron chi connectivity index (χ2n) is 3.63. The molecule has 1 rings (SSSR count). The highest BCUT2D eigenvalue weighted by molar-refractivity contribution is 5.27. The monoisotopic (exact) mass is 161 g/mol. The maximum absolute atomic E-state index is 8.66. The maximum Gasteiger partial charge on any atom is 0.0947 e. The van der Waals surface area contributed by atoms with Crippen molar-refractivity contribution in [3.63, 3.8) is 0 Å². The van der Waals surface area contributed by atoms with Crippen LogP contribution in [0.3, 0.4) is 0 Å². The smallest absolute Gasteiger partial charge is 0.0947 e. The molecule has 0 radical (unpaired) electrons. The molecule has 0 amide bonds. The summed E-state index contributed by atoms with van der Waals surface area (Å²) in [6, 6.07) is 2.13. The van der Waals surface area contributed by atoms with E-state index >= 15 is 0 Å². The normalized spacial score (nSPS) is 28.9. The minimum atomic E-state index is 0.311. The van der Waals surface area contributed by atoms with Crippen LogP contribution in [0.2, 0.25) is 0 Å². The second-order valence-corrected chi connectivity index (χ2v) is 3.63. The van der Waals surface area contributed by atoms with E-state index in [0.717, 1.165) is 6.42 Å². The summed E-state index contributed by atoms with van der Waals surface area (Å²) in [6.45, 7) is 8.12. The van der Waals surface area contributed by atoms with Crippen molar-refractivity contribution in [3.05, 3.63) is 23.8 Å². The second kappa shape index (κ2) is 3.58. The minimum absolute atomic E-state index is 0.311. The van der Waals surface area contributed by atoms with Gasteiger partial charge >= 0.3 is 0 Å². The van der Waals surface area contributed by atoms with Gasteiger partial charge in [0.05, 0.1) is 6.07 Å². The van der Waals surface area contributed by atoms with Crippen LogP contribution in [0.1, 0.15) is 26.7 Å². The SMILES string of the molecule is C=C(C#N)C1C=C(C)[C@H](C)CC1. The minimum Gasteiger partial charge on any atom is -0.193 e. The molecule has 0 spiro atoms. The molecule has 1 aliphatic carbocycles. The number of nitrogens with zero attached hydrogens (tertiary/aromatic N) is 1. The quantitative estimate of drug-likeness (QED) is 0.428. The summed E-state index contributed by atoms with van der Waals surface area (Å²) < 4.78 is 0. The molecule has 0 aromatic rings. The van der Waals surface area contributed by atoms with Crippen LogP contribution in [0.5, 0.6) is 0 Å². The first-order valence-corrected chi connectivity index (χ1v) is 4.42. The van der Waals surface area contributed by atoms with Gasteiger partial charge in [-0.3, -0.25) is 0 Å². The van der Waals surface area contributed by atoms with Crippen LogP contribution in [-0.2, 0) is 0 Å². The van der Waals surface area contributed by atoms with E-state index in [-0.39, 0.29) is 0 Å². The van der Waals surface area contributed by atoms with E-state index in [1.54, 1.807) is 0 Å². The van der Waals surface area contributed by atoms with Gasteiger partial charge in [-0.1, -0.05) is 25.2 Å². The summed E-state index contributed by atoms with van der Waals surface area (Å²) in [5.41, 5.74) is 2.11. The first-order valence-electron chi connectivity index (χ1n) is 4.42. The molecule has 0 N–H and O–H groups in total. The molecule has 0 aromatic carbocycles. The lowest BCUT2D eigenvalue weighted by Gasteiger charge is -2.23. The van der Waals surface area contributed by atoms with E-state index in [1.165, 1.54) is 12.0 Å². The molecule has 1 aliphatic rings. The molecule has 12 heavy (non-hydrogen) atoms. The predicted molar refractivity (Wildman–Crippen MR) is 50.4 cm³/mol. The lowest BCUT2D eigenvalue weighted by molar-refractivity contribution is 0.497. The van der Waals surface area contributed by atoms with Crippen molar-refractivity contribution in [2.75, 3.05) is 0 Å². The average molecular weight is 161 g/mol. The van der Waals surface area contributed by atoms with E-state index in [0.29, 0.717) is 17.4 Å². The summed E-state index contributed by atoms with van der Waals surface area (Å²) in [7, 11) is 0. The van der Waals surface area contributed by atoms with Crippen molar-refractivity contribution in [2.45, 2.75) is 26.7 Å². The van der Waals surface area contributed by atoms with Gasteiger partial charge in [0.1, 0.15) is 0 Å². The summed E-state index contributed by atoms with van der Waals surface area (Å²) >= 11 is 0. The van der Waals surface area contributed by atoms with E-state index in [4.69, 9.17) is 5.26 Å². The Balaban J connectivity index is 2.74. The number of hydrogen-bond donors (Lipinski definition) is 0. The Kier molecular flexibility index (Phi) is 2.70. The van der Waals surface area contributed by atoms with Crippen molar-refractivity contribution in [1.29, 1.82) is 5.26 Å². The van der Waals surface area contributed by atoms with Crippen molar-refractivity contribution in [2.24, 2.45) is 11.8 Å². The van der Waals surface area contributed by atoms with Crippen LogP contribution in [0.25, 0.3) is 0 Å². The topological polar surface area (TPSA) is 23.8 Å². The van der Waals surface area contributed by atoms with Crippen LogP contribution in [0.4, 0.5) is 0 Å². The molecule has 0 fully saturated rings. The lowest BCUT2D eigenvalue weighted by atomic mass is 9.81. The molecule has 0 saturated heterocycles. The Labute approximate surface area is 74.4 Å². The zero-order valence-corrected chi connectivity index (χ0v) is 7.80. The standard InChI is InChI=1S/C11H15N/c1-8-4-5-11(6-9(8)2)10(3)7-12/h6,8,11H,3-5H2,1-2H3/t8-,11?/m1/s1. The van der Waals surface area contributed by atoms with E-state index < -0.39 is 0 Å². The molecule has 0 bridgehead atoms.